The molecule has 0 saturated carbocycles. The predicted octanol–water partition coefficient (Wildman–Crippen LogP) is 2.21. The fourth-order valence-corrected chi connectivity index (χ4v) is 1.76. The van der Waals surface area contributed by atoms with Gasteiger partial charge in [0.25, 0.3) is 0 Å². The molecule has 0 fully saturated rings. The van der Waals surface area contributed by atoms with E-state index in [0.717, 1.165) is 11.1 Å². The molecular formula is C16H25NO3. The fourth-order valence-electron chi connectivity index (χ4n) is 1.76. The van der Waals surface area contributed by atoms with Gasteiger partial charge in [0, 0.05) is 5.56 Å². The quantitative estimate of drug-likeness (QED) is 0.869. The van der Waals surface area contributed by atoms with Crippen molar-refractivity contribution in [1.82, 2.24) is 5.32 Å². The first-order valence-electron chi connectivity index (χ1n) is 6.74. The summed E-state index contributed by atoms with van der Waals surface area (Å²) in [5, 5.41) is 12.9. The Morgan fingerprint density at radius 3 is 2.40 bits per heavy atom. The number of methoxy groups -OCH3 is 1. The summed E-state index contributed by atoms with van der Waals surface area (Å²) in [5.41, 5.74) is 0.215. The molecule has 1 amide bonds. The van der Waals surface area contributed by atoms with Gasteiger partial charge in [-0.1, -0.05) is 17.7 Å². The summed E-state index contributed by atoms with van der Waals surface area (Å²) in [4.78, 5) is 12.2. The van der Waals surface area contributed by atoms with Crippen LogP contribution in [0, 0.1) is 6.92 Å². The third-order valence-corrected chi connectivity index (χ3v) is 3.77. The van der Waals surface area contributed by atoms with E-state index in [1.807, 2.05) is 25.1 Å². The average Bonchev–Trinajstić information content (AvgIpc) is 2.26. The van der Waals surface area contributed by atoms with Crippen molar-refractivity contribution in [3.05, 3.63) is 29.3 Å². The fraction of sp³-hybridized carbons (Fsp3) is 0.562. The molecule has 20 heavy (non-hydrogen) atoms. The monoisotopic (exact) mass is 279 g/mol. The lowest BCUT2D eigenvalue weighted by atomic mass is 9.86. The Kier molecular flexibility index (Phi) is 4.81. The Morgan fingerprint density at radius 1 is 1.30 bits per heavy atom. The van der Waals surface area contributed by atoms with E-state index in [1.165, 1.54) is 0 Å². The maximum Gasteiger partial charge on any atom is 0.225 e. The molecule has 0 spiro atoms. The van der Waals surface area contributed by atoms with Crippen LogP contribution in [0.5, 0.6) is 5.75 Å². The Hall–Kier alpha value is -1.55. The van der Waals surface area contributed by atoms with Crippen LogP contribution in [-0.2, 0) is 11.2 Å². The van der Waals surface area contributed by atoms with Crippen LogP contribution in [0.2, 0.25) is 0 Å². The molecule has 1 aromatic carbocycles. The van der Waals surface area contributed by atoms with Gasteiger partial charge in [0.15, 0.2) is 0 Å². The number of aliphatic hydroxyl groups is 1. The lowest BCUT2D eigenvalue weighted by Crippen LogP contribution is -2.58. The smallest absolute Gasteiger partial charge is 0.225 e. The number of hydrogen-bond donors (Lipinski definition) is 2. The molecule has 4 nitrogen and oxygen atoms in total. The van der Waals surface area contributed by atoms with Gasteiger partial charge in [0.2, 0.25) is 5.91 Å². The summed E-state index contributed by atoms with van der Waals surface area (Å²) in [6, 6.07) is 5.75. The third-order valence-electron chi connectivity index (χ3n) is 3.77. The maximum atomic E-state index is 12.2. The third kappa shape index (κ3) is 3.97. The van der Waals surface area contributed by atoms with Crippen LogP contribution < -0.4 is 10.1 Å². The summed E-state index contributed by atoms with van der Waals surface area (Å²) in [5.74, 6) is 0.563. The molecule has 4 heteroatoms. The molecule has 0 aliphatic rings. The molecule has 2 N–H and O–H groups in total. The molecule has 112 valence electrons. The van der Waals surface area contributed by atoms with Crippen LogP contribution >= 0.6 is 0 Å². The topological polar surface area (TPSA) is 58.6 Å². The molecule has 0 saturated heterocycles. The average molecular weight is 279 g/mol. The number of rotatable bonds is 5. The zero-order valence-corrected chi connectivity index (χ0v) is 13.2. The first-order chi connectivity index (χ1) is 9.06. The molecule has 0 unspecified atom stereocenters. The van der Waals surface area contributed by atoms with E-state index >= 15 is 0 Å². The molecular weight excluding hydrogens is 254 g/mol. The highest BCUT2D eigenvalue weighted by molar-refractivity contribution is 5.80. The minimum Gasteiger partial charge on any atom is -0.496 e. The molecule has 0 aromatic heterocycles. The summed E-state index contributed by atoms with van der Waals surface area (Å²) >= 11 is 0. The second kappa shape index (κ2) is 5.83. The summed E-state index contributed by atoms with van der Waals surface area (Å²) < 4.78 is 5.27. The molecule has 0 heterocycles. The van der Waals surface area contributed by atoms with Gasteiger partial charge >= 0.3 is 0 Å². The second-order valence-corrected chi connectivity index (χ2v) is 6.22. The lowest BCUT2D eigenvalue weighted by Gasteiger charge is -2.38. The summed E-state index contributed by atoms with van der Waals surface area (Å²) in [6.07, 6.45) is 0.227. The number of benzene rings is 1. The highest BCUT2D eigenvalue weighted by Gasteiger charge is 2.36. The Balaban J connectivity index is 2.84. The van der Waals surface area contributed by atoms with Crippen molar-refractivity contribution in [3.8, 4) is 5.75 Å². The van der Waals surface area contributed by atoms with Crippen LogP contribution in [0.25, 0.3) is 0 Å². The maximum absolute atomic E-state index is 12.2. The van der Waals surface area contributed by atoms with Crippen molar-refractivity contribution < 1.29 is 14.6 Å². The Labute approximate surface area is 121 Å². The zero-order valence-electron chi connectivity index (χ0n) is 13.2. The van der Waals surface area contributed by atoms with E-state index < -0.39 is 11.1 Å². The number of aryl methyl sites for hydroxylation is 1. The number of carbonyl (C=O) groups excluding carboxylic acids is 1. The van der Waals surface area contributed by atoms with Gasteiger partial charge in [-0.3, -0.25) is 4.79 Å². The van der Waals surface area contributed by atoms with E-state index in [2.05, 4.69) is 5.32 Å². The summed E-state index contributed by atoms with van der Waals surface area (Å²) in [7, 11) is 1.59. The number of nitrogens with one attached hydrogen (secondary N) is 1. The Morgan fingerprint density at radius 2 is 1.90 bits per heavy atom. The normalized spacial score (nSPS) is 12.2. The number of hydrogen-bond acceptors (Lipinski definition) is 3. The van der Waals surface area contributed by atoms with Crippen molar-refractivity contribution >= 4 is 5.91 Å². The molecule has 0 aliphatic carbocycles. The molecule has 0 radical (unpaired) electrons. The predicted molar refractivity (Wildman–Crippen MR) is 80.0 cm³/mol. The summed E-state index contributed by atoms with van der Waals surface area (Å²) in [6.45, 7) is 8.94. The number of ether oxygens (including phenoxy) is 1. The van der Waals surface area contributed by atoms with Gasteiger partial charge in [0.1, 0.15) is 5.75 Å². The van der Waals surface area contributed by atoms with Crippen molar-refractivity contribution in [2.75, 3.05) is 7.11 Å². The highest BCUT2D eigenvalue weighted by atomic mass is 16.5. The van der Waals surface area contributed by atoms with Crippen molar-refractivity contribution in [1.29, 1.82) is 0 Å². The zero-order chi connectivity index (χ0) is 15.6. The minimum absolute atomic E-state index is 0.138. The van der Waals surface area contributed by atoms with Crippen LogP contribution in [0.1, 0.15) is 38.8 Å². The highest BCUT2D eigenvalue weighted by Crippen LogP contribution is 2.23. The molecule has 1 aromatic rings. The van der Waals surface area contributed by atoms with E-state index in [-0.39, 0.29) is 12.3 Å². The molecule has 0 atom stereocenters. The van der Waals surface area contributed by atoms with Crippen molar-refractivity contribution in [2.45, 2.75) is 52.2 Å². The van der Waals surface area contributed by atoms with Gasteiger partial charge in [-0.15, -0.1) is 0 Å². The van der Waals surface area contributed by atoms with E-state index in [4.69, 9.17) is 4.74 Å². The molecule has 1 rings (SSSR count). The van der Waals surface area contributed by atoms with Gasteiger partial charge in [-0.25, -0.2) is 0 Å². The first kappa shape index (κ1) is 16.5. The van der Waals surface area contributed by atoms with Crippen LogP contribution in [0.15, 0.2) is 18.2 Å². The van der Waals surface area contributed by atoms with Gasteiger partial charge in [0.05, 0.1) is 24.7 Å². The van der Waals surface area contributed by atoms with Crippen LogP contribution in [0.3, 0.4) is 0 Å². The SMILES string of the molecule is COc1ccc(C)cc1CC(=O)NC(C)(C)C(C)(C)O. The molecule has 0 aliphatic heterocycles. The van der Waals surface area contributed by atoms with Gasteiger partial charge < -0.3 is 15.2 Å². The van der Waals surface area contributed by atoms with Crippen LogP contribution in [0.4, 0.5) is 0 Å². The van der Waals surface area contributed by atoms with Gasteiger partial charge in [-0.05, 0) is 40.7 Å². The largest absolute Gasteiger partial charge is 0.496 e. The van der Waals surface area contributed by atoms with Crippen molar-refractivity contribution in [3.63, 3.8) is 0 Å². The number of amides is 1. The second-order valence-electron chi connectivity index (χ2n) is 6.22. The van der Waals surface area contributed by atoms with Crippen molar-refractivity contribution in [2.24, 2.45) is 0 Å². The van der Waals surface area contributed by atoms with E-state index in [1.54, 1.807) is 34.8 Å². The Bertz CT molecular complexity index is 487. The molecule has 0 bridgehead atoms. The van der Waals surface area contributed by atoms with E-state index in [9.17, 15) is 9.90 Å². The minimum atomic E-state index is -1.00. The number of carbonyl (C=O) groups is 1. The van der Waals surface area contributed by atoms with Crippen LogP contribution in [-0.4, -0.2) is 29.3 Å². The van der Waals surface area contributed by atoms with E-state index in [0.29, 0.717) is 5.75 Å². The lowest BCUT2D eigenvalue weighted by molar-refractivity contribution is -0.125. The van der Waals surface area contributed by atoms with Gasteiger partial charge in [-0.2, -0.15) is 0 Å². The first-order valence-corrected chi connectivity index (χ1v) is 6.74. The standard InChI is InChI=1S/C16H25NO3/c1-11-7-8-13(20-6)12(9-11)10-14(18)17-15(2,3)16(4,5)19/h7-9,19H,10H2,1-6H3,(H,17,18).